The first-order valence-corrected chi connectivity index (χ1v) is 14.3. The number of hydrogen-bond donors (Lipinski definition) is 0. The van der Waals surface area contributed by atoms with E-state index < -0.39 is 29.6 Å². The van der Waals surface area contributed by atoms with Crippen LogP contribution in [0, 0.1) is 0 Å². The molecule has 4 rings (SSSR count). The molecule has 0 fully saturated rings. The fourth-order valence-corrected chi connectivity index (χ4v) is 5.60. The molecule has 1 aliphatic rings. The summed E-state index contributed by atoms with van der Waals surface area (Å²) in [6.07, 6.45) is 1.68. The quantitative estimate of drug-likeness (QED) is 0.225. The highest BCUT2D eigenvalue weighted by molar-refractivity contribution is 7.99. The summed E-state index contributed by atoms with van der Waals surface area (Å²) < 4.78 is 23.5. The maximum atomic E-state index is 13.4. The van der Waals surface area contributed by atoms with E-state index in [4.69, 9.17) is 30.5 Å². The lowest BCUT2D eigenvalue weighted by molar-refractivity contribution is -0.168. The van der Waals surface area contributed by atoms with Crippen LogP contribution in [0.25, 0.3) is 5.69 Å². The summed E-state index contributed by atoms with van der Waals surface area (Å²) >= 11 is 7.53. The van der Waals surface area contributed by atoms with Crippen LogP contribution >= 0.6 is 23.4 Å². The molecule has 0 aliphatic carbocycles. The van der Waals surface area contributed by atoms with Gasteiger partial charge in [0, 0.05) is 22.8 Å². The van der Waals surface area contributed by atoms with Gasteiger partial charge in [0.2, 0.25) is 0 Å². The van der Waals surface area contributed by atoms with E-state index in [0.29, 0.717) is 33.5 Å². The Morgan fingerprint density at radius 1 is 1.02 bits per heavy atom. The van der Waals surface area contributed by atoms with Crippen LogP contribution in [-0.2, 0) is 25.5 Å². The van der Waals surface area contributed by atoms with Crippen LogP contribution in [0.1, 0.15) is 57.5 Å². The lowest BCUT2D eigenvalue weighted by Crippen LogP contribution is -2.36. The molecule has 0 spiro atoms. The molecule has 0 saturated heterocycles. The van der Waals surface area contributed by atoms with Gasteiger partial charge >= 0.3 is 11.9 Å². The van der Waals surface area contributed by atoms with Gasteiger partial charge in [-0.1, -0.05) is 23.7 Å². The molecule has 0 amide bonds. The largest absolute Gasteiger partial charge is 0.493 e. The first-order chi connectivity index (χ1) is 19.2. The summed E-state index contributed by atoms with van der Waals surface area (Å²) in [4.78, 5) is 42.8. The Kier molecular flexibility index (Phi) is 9.03. The van der Waals surface area contributed by atoms with Gasteiger partial charge in [0.05, 0.1) is 23.4 Å². The average molecular weight is 601 g/mol. The number of hydrogen-bond acceptors (Lipinski definition) is 9. The molecule has 3 aromatic rings. The summed E-state index contributed by atoms with van der Waals surface area (Å²) in [5.74, 6) is -0.592. The lowest BCUT2D eigenvalue weighted by Gasteiger charge is -2.26. The molecule has 11 heteroatoms. The third kappa shape index (κ3) is 7.83. The van der Waals surface area contributed by atoms with E-state index in [9.17, 15) is 14.4 Å². The van der Waals surface area contributed by atoms with E-state index in [1.807, 2.05) is 24.3 Å². The molecule has 0 radical (unpaired) electrons. The molecule has 218 valence electrons. The van der Waals surface area contributed by atoms with Crippen molar-refractivity contribution in [2.75, 3.05) is 13.7 Å². The fourth-order valence-electron chi connectivity index (χ4n) is 4.19. The highest BCUT2D eigenvalue weighted by Crippen LogP contribution is 2.44. The molecule has 0 saturated carbocycles. The zero-order valence-corrected chi connectivity index (χ0v) is 25.4. The van der Waals surface area contributed by atoms with Crippen LogP contribution in [0.3, 0.4) is 0 Å². The topological polar surface area (TPSA) is 106 Å². The molecular weight excluding hydrogens is 568 g/mol. The number of nitrogens with zero attached hydrogens (tertiary/aromatic N) is 2. The minimum Gasteiger partial charge on any atom is -0.493 e. The van der Waals surface area contributed by atoms with Gasteiger partial charge in [0.1, 0.15) is 30.6 Å². The molecule has 1 unspecified atom stereocenters. The van der Waals surface area contributed by atoms with Gasteiger partial charge in [-0.05, 0) is 64.4 Å². The SMILES string of the molecule is COc1cc(-n2cnc3c(c2=O)SC(c2ccc(Cl)cc2)C3)ccc1OCC(C)(C)OC(=O)CC(=O)OC(C)(C)C. The van der Waals surface area contributed by atoms with Crippen LogP contribution < -0.4 is 15.0 Å². The molecule has 2 aromatic carbocycles. The van der Waals surface area contributed by atoms with Crippen LogP contribution in [0.5, 0.6) is 11.5 Å². The standard InChI is InChI=1S/C30H33ClN2O7S/c1-29(2,3)39-25(34)15-26(35)40-30(4,5)16-38-22-12-11-20(13-23(22)37-6)33-17-32-21-14-24(41-27(21)28(33)36)18-7-9-19(31)10-8-18/h7-13,17,24H,14-16H2,1-6H3. The predicted octanol–water partition coefficient (Wildman–Crippen LogP) is 5.72. The number of carbonyl (C=O) groups is 2. The van der Waals surface area contributed by atoms with Gasteiger partial charge in [0.25, 0.3) is 5.56 Å². The highest BCUT2D eigenvalue weighted by atomic mass is 35.5. The van der Waals surface area contributed by atoms with Crippen LogP contribution in [-0.4, -0.2) is 46.4 Å². The zero-order chi connectivity index (χ0) is 29.9. The van der Waals surface area contributed by atoms with Crippen molar-refractivity contribution in [3.8, 4) is 17.2 Å². The summed E-state index contributed by atoms with van der Waals surface area (Å²) in [6, 6.07) is 12.7. The third-order valence-electron chi connectivity index (χ3n) is 5.98. The Hall–Kier alpha value is -3.50. The van der Waals surface area contributed by atoms with Crippen molar-refractivity contribution in [1.82, 2.24) is 9.55 Å². The van der Waals surface area contributed by atoms with Crippen LogP contribution in [0.2, 0.25) is 5.02 Å². The number of benzene rings is 2. The Bertz CT molecular complexity index is 1500. The van der Waals surface area contributed by atoms with E-state index in [1.54, 1.807) is 52.8 Å². The van der Waals surface area contributed by atoms with Gasteiger partial charge in [-0.3, -0.25) is 19.0 Å². The van der Waals surface area contributed by atoms with Crippen molar-refractivity contribution in [1.29, 1.82) is 0 Å². The van der Waals surface area contributed by atoms with E-state index in [2.05, 4.69) is 4.98 Å². The Morgan fingerprint density at radius 3 is 2.37 bits per heavy atom. The lowest BCUT2D eigenvalue weighted by atomic mass is 10.1. The molecule has 1 aromatic heterocycles. The average Bonchev–Trinajstić information content (AvgIpc) is 3.32. The minimum atomic E-state index is -1.04. The zero-order valence-electron chi connectivity index (χ0n) is 23.9. The van der Waals surface area contributed by atoms with Gasteiger partial charge in [-0.2, -0.15) is 0 Å². The minimum absolute atomic E-state index is 0.00809. The second-order valence-electron chi connectivity index (χ2n) is 11.2. The molecule has 1 aliphatic heterocycles. The number of methoxy groups -OCH3 is 1. The van der Waals surface area contributed by atoms with Crippen LogP contribution in [0.15, 0.2) is 58.5 Å². The number of halogens is 1. The first-order valence-electron chi connectivity index (χ1n) is 13.0. The van der Waals surface area contributed by atoms with Gasteiger partial charge in [0.15, 0.2) is 11.5 Å². The van der Waals surface area contributed by atoms with E-state index >= 15 is 0 Å². The molecule has 9 nitrogen and oxygen atoms in total. The smallest absolute Gasteiger partial charge is 0.317 e. The number of ether oxygens (including phenoxy) is 4. The van der Waals surface area contributed by atoms with E-state index in [0.717, 1.165) is 11.3 Å². The maximum absolute atomic E-state index is 13.4. The van der Waals surface area contributed by atoms with Gasteiger partial charge in [-0.15, -0.1) is 11.8 Å². The van der Waals surface area contributed by atoms with Crippen molar-refractivity contribution in [3.63, 3.8) is 0 Å². The third-order valence-corrected chi connectivity index (χ3v) is 7.61. The van der Waals surface area contributed by atoms with E-state index in [-0.39, 0.29) is 17.4 Å². The second-order valence-corrected chi connectivity index (χ2v) is 12.8. The Morgan fingerprint density at radius 2 is 1.71 bits per heavy atom. The normalized spacial score (nSPS) is 14.8. The summed E-state index contributed by atoms with van der Waals surface area (Å²) in [6.45, 7) is 8.51. The van der Waals surface area contributed by atoms with Crippen molar-refractivity contribution in [2.24, 2.45) is 0 Å². The number of fused-ring (bicyclic) bond motifs is 1. The van der Waals surface area contributed by atoms with Crippen molar-refractivity contribution >= 4 is 35.3 Å². The molecule has 1 atom stereocenters. The molecular formula is C30H33ClN2O7S. The molecule has 2 heterocycles. The number of aromatic nitrogens is 2. The van der Waals surface area contributed by atoms with Gasteiger partial charge < -0.3 is 18.9 Å². The summed E-state index contributed by atoms with van der Waals surface area (Å²) in [5, 5.41) is 0.754. The predicted molar refractivity (Wildman–Crippen MR) is 156 cm³/mol. The van der Waals surface area contributed by atoms with Gasteiger partial charge in [-0.25, -0.2) is 4.98 Å². The molecule has 41 heavy (non-hydrogen) atoms. The highest BCUT2D eigenvalue weighted by Gasteiger charge is 2.30. The number of carbonyl (C=O) groups excluding carboxylic acids is 2. The summed E-state index contributed by atoms with van der Waals surface area (Å²) in [7, 11) is 1.49. The fraction of sp³-hybridized carbons (Fsp3) is 0.400. The number of esters is 2. The van der Waals surface area contributed by atoms with E-state index in [1.165, 1.54) is 29.8 Å². The monoisotopic (exact) mass is 600 g/mol. The van der Waals surface area contributed by atoms with Crippen molar-refractivity contribution in [3.05, 3.63) is 75.4 Å². The molecule has 0 N–H and O–H groups in total. The second kappa shape index (κ2) is 12.2. The number of thioether (sulfide) groups is 1. The molecule has 0 bridgehead atoms. The van der Waals surface area contributed by atoms with Crippen molar-refractivity contribution < 1.29 is 28.5 Å². The number of rotatable bonds is 9. The Labute approximate surface area is 248 Å². The first kappa shape index (κ1) is 30.5. The van der Waals surface area contributed by atoms with Crippen LogP contribution in [0.4, 0.5) is 0 Å². The van der Waals surface area contributed by atoms with Crippen molar-refractivity contribution in [2.45, 2.75) is 68.8 Å². The summed E-state index contributed by atoms with van der Waals surface area (Å²) in [5.41, 5.74) is 0.523. The Balaban J connectivity index is 1.43. The maximum Gasteiger partial charge on any atom is 0.317 e.